The first-order valence-corrected chi connectivity index (χ1v) is 10.7. The van der Waals surface area contributed by atoms with Gasteiger partial charge in [-0.25, -0.2) is 0 Å². The van der Waals surface area contributed by atoms with E-state index in [-0.39, 0.29) is 5.92 Å². The molecule has 0 spiro atoms. The van der Waals surface area contributed by atoms with Crippen molar-refractivity contribution in [2.45, 2.75) is 31.8 Å². The highest BCUT2D eigenvalue weighted by Gasteiger charge is 2.41. The summed E-state index contributed by atoms with van der Waals surface area (Å²) in [4.78, 5) is 0. The van der Waals surface area contributed by atoms with Crippen LogP contribution in [0.25, 0.3) is 0 Å². The van der Waals surface area contributed by atoms with Gasteiger partial charge in [0.05, 0.1) is 18.8 Å². The van der Waals surface area contributed by atoms with Crippen molar-refractivity contribution in [2.75, 3.05) is 20.2 Å². The highest BCUT2D eigenvalue weighted by atomic mass is 79.9. The lowest BCUT2D eigenvalue weighted by Crippen LogP contribution is -2.51. The molecular formula is C22H25BrClN3O. The molecule has 1 atom stereocenters. The average Bonchev–Trinajstić information content (AvgIpc) is 3.18. The zero-order valence-corrected chi connectivity index (χ0v) is 18.5. The largest absolute Gasteiger partial charge is 0.496 e. The van der Waals surface area contributed by atoms with Crippen molar-refractivity contribution < 1.29 is 4.74 Å². The molecule has 3 rings (SSSR count). The van der Waals surface area contributed by atoms with Crippen molar-refractivity contribution in [3.8, 4) is 11.8 Å². The van der Waals surface area contributed by atoms with Gasteiger partial charge in [0, 0.05) is 34.9 Å². The second kappa shape index (κ2) is 9.28. The fourth-order valence-corrected chi connectivity index (χ4v) is 4.74. The maximum Gasteiger partial charge on any atom is 0.122 e. The molecule has 0 amide bonds. The van der Waals surface area contributed by atoms with Crippen molar-refractivity contribution in [1.82, 2.24) is 10.6 Å². The van der Waals surface area contributed by atoms with E-state index < -0.39 is 5.66 Å². The smallest absolute Gasteiger partial charge is 0.122 e. The van der Waals surface area contributed by atoms with Crippen LogP contribution in [0.3, 0.4) is 0 Å². The Morgan fingerprint density at radius 1 is 1.25 bits per heavy atom. The van der Waals surface area contributed by atoms with Crippen molar-refractivity contribution >= 4 is 27.5 Å². The van der Waals surface area contributed by atoms with Gasteiger partial charge in [-0.2, -0.15) is 5.26 Å². The number of methoxy groups -OCH3 is 1. The fourth-order valence-electron chi connectivity index (χ4n) is 4.06. The highest BCUT2D eigenvalue weighted by molar-refractivity contribution is 9.10. The molecule has 6 heteroatoms. The van der Waals surface area contributed by atoms with Crippen molar-refractivity contribution in [3.63, 3.8) is 0 Å². The minimum atomic E-state index is -0.433. The number of hydrogen-bond donors (Lipinski definition) is 2. The molecular weight excluding hydrogens is 438 g/mol. The Balaban J connectivity index is 1.97. The topological polar surface area (TPSA) is 57.1 Å². The third-order valence-corrected chi connectivity index (χ3v) is 6.35. The van der Waals surface area contributed by atoms with E-state index in [9.17, 15) is 5.26 Å². The molecule has 148 valence electrons. The molecule has 0 aliphatic carbocycles. The molecule has 2 N–H and O–H groups in total. The van der Waals surface area contributed by atoms with Gasteiger partial charge < -0.3 is 4.74 Å². The van der Waals surface area contributed by atoms with Crippen LogP contribution in [-0.2, 0) is 18.5 Å². The monoisotopic (exact) mass is 461 g/mol. The third kappa shape index (κ3) is 4.21. The van der Waals surface area contributed by atoms with E-state index in [1.807, 2.05) is 24.3 Å². The number of hydrogen-bond acceptors (Lipinski definition) is 4. The van der Waals surface area contributed by atoms with Crippen LogP contribution in [0.2, 0.25) is 5.02 Å². The zero-order valence-electron chi connectivity index (χ0n) is 16.2. The molecule has 1 fully saturated rings. The SMILES string of the molecule is COc1ccc(Br)cc1CCc1c(Cl)cccc1C1(C(C)CC#N)NCCN1. The van der Waals surface area contributed by atoms with Gasteiger partial charge >= 0.3 is 0 Å². The van der Waals surface area contributed by atoms with Gasteiger partial charge in [-0.3, -0.25) is 10.6 Å². The summed E-state index contributed by atoms with van der Waals surface area (Å²) < 4.78 is 6.55. The number of aryl methyl sites for hydroxylation is 1. The number of ether oxygens (including phenoxy) is 1. The molecule has 1 aliphatic rings. The molecule has 4 nitrogen and oxygen atoms in total. The summed E-state index contributed by atoms with van der Waals surface area (Å²) in [7, 11) is 1.69. The predicted octanol–water partition coefficient (Wildman–Crippen LogP) is 4.79. The van der Waals surface area contributed by atoms with Crippen LogP contribution in [0.4, 0.5) is 0 Å². The third-order valence-electron chi connectivity index (χ3n) is 5.50. The predicted molar refractivity (Wildman–Crippen MR) is 117 cm³/mol. The first-order valence-electron chi connectivity index (χ1n) is 9.49. The van der Waals surface area contributed by atoms with Crippen LogP contribution >= 0.6 is 27.5 Å². The Kier molecular flexibility index (Phi) is 7.00. The van der Waals surface area contributed by atoms with Crippen LogP contribution < -0.4 is 15.4 Å². The summed E-state index contributed by atoms with van der Waals surface area (Å²) in [6.45, 7) is 3.83. The molecule has 0 aromatic heterocycles. The minimum Gasteiger partial charge on any atom is -0.496 e. The average molecular weight is 463 g/mol. The molecule has 2 aromatic carbocycles. The van der Waals surface area contributed by atoms with Crippen LogP contribution in [0.1, 0.15) is 30.0 Å². The quantitative estimate of drug-likeness (QED) is 0.621. The van der Waals surface area contributed by atoms with Crippen LogP contribution in [-0.4, -0.2) is 20.2 Å². The van der Waals surface area contributed by atoms with Crippen LogP contribution in [0, 0.1) is 17.2 Å². The van der Waals surface area contributed by atoms with Gasteiger partial charge in [-0.1, -0.05) is 46.6 Å². The van der Waals surface area contributed by atoms with Crippen molar-refractivity contribution in [3.05, 3.63) is 62.6 Å². The lowest BCUT2D eigenvalue weighted by molar-refractivity contribution is 0.226. The Labute approximate surface area is 180 Å². The summed E-state index contributed by atoms with van der Waals surface area (Å²) in [5, 5.41) is 17.3. The summed E-state index contributed by atoms with van der Waals surface area (Å²) in [6, 6.07) is 14.4. The number of benzene rings is 2. The van der Waals surface area contributed by atoms with Gasteiger partial charge in [0.1, 0.15) is 5.75 Å². The molecule has 28 heavy (non-hydrogen) atoms. The van der Waals surface area contributed by atoms with E-state index >= 15 is 0 Å². The van der Waals surface area contributed by atoms with Gasteiger partial charge in [-0.15, -0.1) is 0 Å². The van der Waals surface area contributed by atoms with Crippen LogP contribution in [0.5, 0.6) is 5.75 Å². The Hall–Kier alpha value is -1.58. The summed E-state index contributed by atoms with van der Waals surface area (Å²) in [5.74, 6) is 0.985. The maximum absolute atomic E-state index is 9.27. The van der Waals surface area contributed by atoms with Gasteiger partial charge in [-0.05, 0) is 53.8 Å². The molecule has 0 radical (unpaired) electrons. The second-order valence-corrected chi connectivity index (χ2v) is 8.47. The van der Waals surface area contributed by atoms with E-state index in [1.165, 1.54) is 0 Å². The number of nitrogens with one attached hydrogen (secondary N) is 2. The molecule has 1 unspecified atom stereocenters. The highest BCUT2D eigenvalue weighted by Crippen LogP contribution is 2.37. The summed E-state index contributed by atoms with van der Waals surface area (Å²) in [5.41, 5.74) is 2.94. The summed E-state index contributed by atoms with van der Waals surface area (Å²) >= 11 is 10.2. The van der Waals surface area contributed by atoms with E-state index in [1.54, 1.807) is 7.11 Å². The maximum atomic E-state index is 9.27. The number of halogens is 2. The fraction of sp³-hybridized carbons (Fsp3) is 0.409. The van der Waals surface area contributed by atoms with Crippen molar-refractivity contribution in [1.29, 1.82) is 5.26 Å². The Bertz CT molecular complexity index is 875. The van der Waals surface area contributed by atoms with E-state index in [0.717, 1.165) is 57.9 Å². The molecule has 0 bridgehead atoms. The zero-order chi connectivity index (χ0) is 20.1. The molecule has 0 saturated carbocycles. The van der Waals surface area contributed by atoms with Crippen molar-refractivity contribution in [2.24, 2.45) is 5.92 Å². The number of nitriles is 1. The van der Waals surface area contributed by atoms with Gasteiger partial charge in [0.2, 0.25) is 0 Å². The van der Waals surface area contributed by atoms with Crippen LogP contribution in [0.15, 0.2) is 40.9 Å². The first-order chi connectivity index (χ1) is 13.5. The minimum absolute atomic E-state index is 0.109. The van der Waals surface area contributed by atoms with E-state index in [2.05, 4.69) is 51.7 Å². The Morgan fingerprint density at radius 2 is 2.00 bits per heavy atom. The van der Waals surface area contributed by atoms with Gasteiger partial charge in [0.25, 0.3) is 0 Å². The standard InChI is InChI=1S/C22H25BrClN3O/c1-15(10-11-25)22(26-12-13-27-22)19-4-3-5-20(24)18(19)8-6-16-14-17(23)7-9-21(16)28-2/h3-5,7,9,14-15,26-27H,6,8,10,12-13H2,1-2H3. The molecule has 1 heterocycles. The van der Waals surface area contributed by atoms with Gasteiger partial charge in [0.15, 0.2) is 0 Å². The lowest BCUT2D eigenvalue weighted by Gasteiger charge is -2.37. The first kappa shape index (κ1) is 21.1. The Morgan fingerprint density at radius 3 is 2.68 bits per heavy atom. The molecule has 1 saturated heterocycles. The molecule has 2 aromatic rings. The van der Waals surface area contributed by atoms with E-state index in [0.29, 0.717) is 6.42 Å². The lowest BCUT2D eigenvalue weighted by atomic mass is 9.82. The van der Waals surface area contributed by atoms with E-state index in [4.69, 9.17) is 16.3 Å². The molecule has 1 aliphatic heterocycles. The normalized spacial score (nSPS) is 16.5. The second-order valence-electron chi connectivity index (χ2n) is 7.15. The number of nitrogens with zero attached hydrogens (tertiary/aromatic N) is 1. The summed E-state index contributed by atoms with van der Waals surface area (Å²) in [6.07, 6.45) is 2.06. The number of rotatable bonds is 7.